The first-order chi connectivity index (χ1) is 14.1. The molecular weight excluding hydrogens is 404 g/mol. The molecule has 2 atom stereocenters. The number of fused-ring (bicyclic) bond motifs is 1. The van der Waals surface area contributed by atoms with Crippen molar-refractivity contribution in [1.29, 1.82) is 5.26 Å². The first-order valence-electron chi connectivity index (χ1n) is 9.75. The number of hydrogen-bond acceptors (Lipinski definition) is 7. The molecule has 9 heteroatoms. The maximum Gasteiger partial charge on any atom is 0.138 e. The van der Waals surface area contributed by atoms with Crippen LogP contribution in [-0.4, -0.2) is 58.1 Å². The van der Waals surface area contributed by atoms with Gasteiger partial charge in [0.25, 0.3) is 0 Å². The van der Waals surface area contributed by atoms with Gasteiger partial charge in [-0.15, -0.1) is 12.4 Å². The number of aliphatic hydroxyl groups excluding tert-OH is 1. The van der Waals surface area contributed by atoms with Crippen LogP contribution in [0.25, 0.3) is 16.6 Å². The van der Waals surface area contributed by atoms with Crippen LogP contribution in [-0.2, 0) is 0 Å². The van der Waals surface area contributed by atoms with Gasteiger partial charge in [0, 0.05) is 43.5 Å². The average molecular weight is 429 g/mol. The van der Waals surface area contributed by atoms with E-state index in [0.717, 1.165) is 43.1 Å². The molecule has 1 fully saturated rings. The monoisotopic (exact) mass is 428 g/mol. The normalized spacial score (nSPS) is 15.9. The number of hydrogen-bond donors (Lipinski definition) is 2. The van der Waals surface area contributed by atoms with Crippen LogP contribution in [0.4, 0.5) is 5.82 Å². The molecule has 3 aromatic heterocycles. The summed E-state index contributed by atoms with van der Waals surface area (Å²) < 4.78 is 7.52. The second kappa shape index (κ2) is 9.30. The fourth-order valence-corrected chi connectivity index (χ4v) is 3.40. The van der Waals surface area contributed by atoms with Gasteiger partial charge in [-0.05, 0) is 32.0 Å². The molecule has 30 heavy (non-hydrogen) atoms. The molecule has 4 heterocycles. The molecule has 0 bridgehead atoms. The number of ether oxygens (including phenoxy) is 1. The molecule has 8 nitrogen and oxygen atoms in total. The highest BCUT2D eigenvalue weighted by Gasteiger charge is 2.17. The first-order valence-corrected chi connectivity index (χ1v) is 9.75. The fraction of sp³-hybridized carbons (Fsp3) is 0.381. The summed E-state index contributed by atoms with van der Waals surface area (Å²) in [4.78, 5) is 6.90. The van der Waals surface area contributed by atoms with Crippen molar-refractivity contribution in [1.82, 2.24) is 19.9 Å². The van der Waals surface area contributed by atoms with Crippen LogP contribution in [0.2, 0.25) is 0 Å². The minimum Gasteiger partial charge on any atom is -0.486 e. The van der Waals surface area contributed by atoms with Crippen molar-refractivity contribution < 1.29 is 9.84 Å². The topological polar surface area (TPSA) is 98.7 Å². The van der Waals surface area contributed by atoms with E-state index >= 15 is 0 Å². The summed E-state index contributed by atoms with van der Waals surface area (Å²) in [6, 6.07) is 8.09. The largest absolute Gasteiger partial charge is 0.486 e. The molecule has 158 valence electrons. The highest BCUT2D eigenvalue weighted by atomic mass is 35.5. The van der Waals surface area contributed by atoms with Gasteiger partial charge in [0.15, 0.2) is 0 Å². The van der Waals surface area contributed by atoms with Gasteiger partial charge < -0.3 is 20.1 Å². The highest BCUT2D eigenvalue weighted by Crippen LogP contribution is 2.31. The van der Waals surface area contributed by atoms with E-state index in [1.54, 1.807) is 23.8 Å². The van der Waals surface area contributed by atoms with Gasteiger partial charge in [0.1, 0.15) is 23.7 Å². The zero-order valence-electron chi connectivity index (χ0n) is 16.9. The van der Waals surface area contributed by atoms with Crippen LogP contribution in [0.5, 0.6) is 5.75 Å². The SMILES string of the molecule is CC(O)C(C)Oc1cc(-c2ccc(N3CCNCC3)nc2)c2c(C#N)cnn2c1.Cl. The minimum absolute atomic E-state index is 0. The number of pyridine rings is 2. The predicted molar refractivity (Wildman–Crippen MR) is 117 cm³/mol. The summed E-state index contributed by atoms with van der Waals surface area (Å²) in [6.45, 7) is 7.25. The van der Waals surface area contributed by atoms with Crippen molar-refractivity contribution in [2.45, 2.75) is 26.1 Å². The van der Waals surface area contributed by atoms with E-state index in [1.807, 2.05) is 31.3 Å². The molecule has 4 rings (SSSR count). The van der Waals surface area contributed by atoms with Crippen LogP contribution in [0.15, 0.2) is 36.8 Å². The molecule has 0 saturated carbocycles. The van der Waals surface area contributed by atoms with Crippen LogP contribution in [0, 0.1) is 11.3 Å². The lowest BCUT2D eigenvalue weighted by molar-refractivity contribution is 0.0601. The molecule has 1 aliphatic rings. The van der Waals surface area contributed by atoms with Crippen molar-refractivity contribution in [2.75, 3.05) is 31.1 Å². The summed E-state index contributed by atoms with van der Waals surface area (Å²) in [6.07, 6.45) is 4.11. The van der Waals surface area contributed by atoms with Crippen molar-refractivity contribution in [3.05, 3.63) is 42.4 Å². The number of halogens is 1. The van der Waals surface area contributed by atoms with Gasteiger partial charge in [0.05, 0.1) is 29.6 Å². The highest BCUT2D eigenvalue weighted by molar-refractivity contribution is 5.85. The Morgan fingerprint density at radius 2 is 2.00 bits per heavy atom. The number of piperazine rings is 1. The van der Waals surface area contributed by atoms with Gasteiger partial charge in [-0.1, -0.05) is 0 Å². The molecule has 3 aromatic rings. The maximum atomic E-state index is 9.77. The standard InChI is InChI=1S/C21H24N6O2.ClH/c1-14(28)15(2)29-18-9-19(21-17(10-22)12-25-27(21)13-18)16-3-4-20(24-11-16)26-7-5-23-6-8-26;/h3-4,9,11-15,23,28H,5-8H2,1-2H3;1H. The van der Waals surface area contributed by atoms with E-state index in [0.29, 0.717) is 16.8 Å². The number of nitrogens with zero attached hydrogens (tertiary/aromatic N) is 5. The van der Waals surface area contributed by atoms with Gasteiger partial charge in [-0.2, -0.15) is 10.4 Å². The summed E-state index contributed by atoms with van der Waals surface area (Å²) >= 11 is 0. The summed E-state index contributed by atoms with van der Waals surface area (Å²) in [5.41, 5.74) is 2.89. The quantitative estimate of drug-likeness (QED) is 0.643. The number of anilines is 1. The fourth-order valence-electron chi connectivity index (χ4n) is 3.40. The van der Waals surface area contributed by atoms with E-state index in [1.165, 1.54) is 0 Å². The zero-order chi connectivity index (χ0) is 20.4. The number of nitriles is 1. The van der Waals surface area contributed by atoms with Crippen LogP contribution in [0.3, 0.4) is 0 Å². The third-order valence-electron chi connectivity index (χ3n) is 5.21. The Morgan fingerprint density at radius 1 is 1.23 bits per heavy atom. The molecule has 0 aliphatic carbocycles. The molecule has 0 aromatic carbocycles. The minimum atomic E-state index is -0.610. The Labute approximate surface area is 181 Å². The van der Waals surface area contributed by atoms with Gasteiger partial charge in [-0.3, -0.25) is 0 Å². The van der Waals surface area contributed by atoms with E-state index in [9.17, 15) is 10.4 Å². The predicted octanol–water partition coefficient (Wildman–Crippen LogP) is 2.25. The van der Waals surface area contributed by atoms with Crippen LogP contribution >= 0.6 is 12.4 Å². The van der Waals surface area contributed by atoms with Crippen LogP contribution in [0.1, 0.15) is 19.4 Å². The summed E-state index contributed by atoms with van der Waals surface area (Å²) in [5, 5.41) is 26.9. The van der Waals surface area contributed by atoms with Crippen molar-refractivity contribution in [2.24, 2.45) is 0 Å². The summed E-state index contributed by atoms with van der Waals surface area (Å²) in [5.74, 6) is 1.51. The van der Waals surface area contributed by atoms with Crippen molar-refractivity contribution in [3.63, 3.8) is 0 Å². The van der Waals surface area contributed by atoms with E-state index < -0.39 is 6.10 Å². The molecule has 2 N–H and O–H groups in total. The van der Waals surface area contributed by atoms with Gasteiger partial charge in [-0.25, -0.2) is 9.50 Å². The number of aliphatic hydroxyl groups is 1. The van der Waals surface area contributed by atoms with E-state index in [4.69, 9.17) is 4.74 Å². The lowest BCUT2D eigenvalue weighted by atomic mass is 10.1. The Hall–Kier alpha value is -2.86. The Bertz CT molecular complexity index is 1040. The summed E-state index contributed by atoms with van der Waals surface area (Å²) in [7, 11) is 0. The van der Waals surface area contributed by atoms with Gasteiger partial charge in [0.2, 0.25) is 0 Å². The second-order valence-electron chi connectivity index (χ2n) is 7.26. The third kappa shape index (κ3) is 4.33. The smallest absolute Gasteiger partial charge is 0.138 e. The van der Waals surface area contributed by atoms with E-state index in [2.05, 4.69) is 26.4 Å². The molecular formula is C21H25ClN6O2. The number of nitrogens with one attached hydrogen (secondary N) is 1. The molecule has 1 saturated heterocycles. The van der Waals surface area contributed by atoms with Gasteiger partial charge >= 0.3 is 0 Å². The number of aromatic nitrogens is 3. The molecule has 2 unspecified atom stereocenters. The molecule has 0 spiro atoms. The Morgan fingerprint density at radius 3 is 2.63 bits per heavy atom. The maximum absolute atomic E-state index is 9.77. The lowest BCUT2D eigenvalue weighted by Gasteiger charge is -2.28. The van der Waals surface area contributed by atoms with E-state index in [-0.39, 0.29) is 18.5 Å². The van der Waals surface area contributed by atoms with Crippen LogP contribution < -0.4 is 15.0 Å². The van der Waals surface area contributed by atoms with Crippen molar-refractivity contribution >= 4 is 23.7 Å². The Balaban J connectivity index is 0.00000256. The average Bonchev–Trinajstić information content (AvgIpc) is 3.17. The first kappa shape index (κ1) is 21.8. The van der Waals surface area contributed by atoms with Crippen molar-refractivity contribution in [3.8, 4) is 22.9 Å². The molecule has 0 amide bonds. The third-order valence-corrected chi connectivity index (χ3v) is 5.21. The number of rotatable bonds is 5. The molecule has 1 aliphatic heterocycles. The molecule has 0 radical (unpaired) electrons. The lowest BCUT2D eigenvalue weighted by Crippen LogP contribution is -2.43. The Kier molecular flexibility index (Phi) is 6.77. The second-order valence-corrected chi connectivity index (χ2v) is 7.26. The zero-order valence-corrected chi connectivity index (χ0v) is 17.8.